The lowest BCUT2D eigenvalue weighted by molar-refractivity contribution is 0.0804. The average Bonchev–Trinajstić information content (AvgIpc) is 3.18. The molecule has 6 rings (SSSR count). The molecule has 1 aliphatic rings. The number of aliphatic hydroxyl groups is 1. The van der Waals surface area contributed by atoms with Crippen molar-refractivity contribution in [1.29, 1.82) is 0 Å². The molecule has 0 saturated carbocycles. The van der Waals surface area contributed by atoms with Gasteiger partial charge in [-0.25, -0.2) is 18.2 Å². The van der Waals surface area contributed by atoms with Gasteiger partial charge in [-0.1, -0.05) is 45.0 Å². The molecule has 5 aromatic rings. The zero-order chi connectivity index (χ0) is 42.3. The predicted octanol–water partition coefficient (Wildman–Crippen LogP) is 7.29. The van der Waals surface area contributed by atoms with E-state index in [1.165, 1.54) is 14.2 Å². The number of urea groups is 1. The summed E-state index contributed by atoms with van der Waals surface area (Å²) < 4.78 is 44.3. The van der Waals surface area contributed by atoms with Gasteiger partial charge in [0.1, 0.15) is 23.1 Å². The number of sulfonamides is 1. The maximum Gasteiger partial charge on any atom is 0.323 e. The molecule has 1 aliphatic heterocycles. The standard InChI is InChI=1S/C43H51N7O8S/c1-43(2,3)28-23-36(40(57-5)37(24-28)49-59(6,54)55)48-42(53)47-35-11-12-38(34-10-8-7-9-33(34)35)58-31-13-16-44-39(26-31)46-29-21-27(22-32(25-29)56-4)41(52)45-17-20-50-18-14-30(51)15-19-50/h7-13,16,21-26,30,49,51H,14-15,17-20H2,1-6H3,(H,44,46)(H,45,52)(H2,47,48,53). The number of carbonyl (C=O) groups is 2. The van der Waals surface area contributed by atoms with E-state index in [4.69, 9.17) is 14.2 Å². The largest absolute Gasteiger partial charge is 0.497 e. The van der Waals surface area contributed by atoms with Gasteiger partial charge in [0, 0.05) is 66.5 Å². The first-order valence-corrected chi connectivity index (χ1v) is 21.1. The van der Waals surface area contributed by atoms with Crippen LogP contribution in [-0.2, 0) is 15.4 Å². The fourth-order valence-corrected chi connectivity index (χ4v) is 7.26. The van der Waals surface area contributed by atoms with E-state index in [9.17, 15) is 23.1 Å². The van der Waals surface area contributed by atoms with E-state index in [2.05, 4.69) is 35.9 Å². The molecule has 59 heavy (non-hydrogen) atoms. The fourth-order valence-electron chi connectivity index (χ4n) is 6.71. The second kappa shape index (κ2) is 18.2. The number of fused-ring (bicyclic) bond motifs is 1. The van der Waals surface area contributed by atoms with Crippen molar-refractivity contribution in [1.82, 2.24) is 15.2 Å². The molecule has 0 bridgehead atoms. The van der Waals surface area contributed by atoms with Crippen molar-refractivity contribution in [3.63, 3.8) is 0 Å². The average molecular weight is 826 g/mol. The smallest absolute Gasteiger partial charge is 0.323 e. The molecule has 6 N–H and O–H groups in total. The Balaban J connectivity index is 1.16. The normalized spacial score (nSPS) is 13.7. The number of nitrogens with zero attached hydrogens (tertiary/aromatic N) is 2. The molecule has 0 unspecified atom stereocenters. The van der Waals surface area contributed by atoms with Gasteiger partial charge in [0.05, 0.1) is 43.6 Å². The number of benzene rings is 4. The summed E-state index contributed by atoms with van der Waals surface area (Å²) in [6.07, 6.45) is 3.89. The number of hydrogen-bond donors (Lipinski definition) is 6. The summed E-state index contributed by atoms with van der Waals surface area (Å²) in [5.41, 5.74) is 2.42. The van der Waals surface area contributed by atoms with Crippen LogP contribution < -0.4 is 40.2 Å². The number of anilines is 5. The molecule has 15 nitrogen and oxygen atoms in total. The Labute approximate surface area is 344 Å². The number of rotatable bonds is 14. The second-order valence-corrected chi connectivity index (χ2v) is 17.1. The number of carbonyl (C=O) groups excluding carboxylic acids is 2. The quantitative estimate of drug-likeness (QED) is 0.0659. The van der Waals surface area contributed by atoms with E-state index in [1.807, 2.05) is 45.0 Å². The van der Waals surface area contributed by atoms with Crippen molar-refractivity contribution in [2.24, 2.45) is 0 Å². The SMILES string of the molecule is COc1cc(Nc2cc(Oc3ccc(NC(=O)Nc4cc(C(C)(C)C)cc(NS(C)(=O)=O)c4OC)c4ccccc34)ccn2)cc(C(=O)NCCN2CCC(O)CC2)c1. The van der Waals surface area contributed by atoms with Crippen LogP contribution in [0.25, 0.3) is 10.8 Å². The Hall–Kier alpha value is -6.10. The number of amides is 3. The Morgan fingerprint density at radius 2 is 1.58 bits per heavy atom. The van der Waals surface area contributed by atoms with Gasteiger partial charge in [-0.15, -0.1) is 0 Å². The third-order valence-electron chi connectivity index (χ3n) is 9.74. The molecule has 0 atom stereocenters. The maximum absolute atomic E-state index is 13.5. The van der Waals surface area contributed by atoms with Crippen LogP contribution in [0, 0.1) is 0 Å². The van der Waals surface area contributed by atoms with E-state index < -0.39 is 16.1 Å². The van der Waals surface area contributed by atoms with Gasteiger partial charge in [-0.2, -0.15) is 0 Å². The monoisotopic (exact) mass is 825 g/mol. The first kappa shape index (κ1) is 42.5. The molecular weight excluding hydrogens is 775 g/mol. The van der Waals surface area contributed by atoms with Gasteiger partial charge >= 0.3 is 6.03 Å². The molecule has 0 aliphatic carbocycles. The van der Waals surface area contributed by atoms with Gasteiger partial charge in [0.25, 0.3) is 5.91 Å². The molecule has 1 fully saturated rings. The van der Waals surface area contributed by atoms with Gasteiger partial charge in [0.2, 0.25) is 10.0 Å². The molecule has 2 heterocycles. The van der Waals surface area contributed by atoms with Gasteiger partial charge in [-0.3, -0.25) is 9.52 Å². The molecule has 1 saturated heterocycles. The molecule has 1 aromatic heterocycles. The number of likely N-dealkylation sites (tertiary alicyclic amines) is 1. The minimum absolute atomic E-state index is 0.165. The summed E-state index contributed by atoms with van der Waals surface area (Å²) in [5, 5.41) is 23.2. The lowest BCUT2D eigenvalue weighted by atomic mass is 9.86. The predicted molar refractivity (Wildman–Crippen MR) is 231 cm³/mol. The highest BCUT2D eigenvalue weighted by atomic mass is 32.2. The lowest BCUT2D eigenvalue weighted by Gasteiger charge is -2.29. The highest BCUT2D eigenvalue weighted by molar-refractivity contribution is 7.92. The molecule has 312 valence electrons. The third-order valence-corrected chi connectivity index (χ3v) is 10.3. The Morgan fingerprint density at radius 3 is 2.27 bits per heavy atom. The van der Waals surface area contributed by atoms with Crippen molar-refractivity contribution in [3.8, 4) is 23.0 Å². The van der Waals surface area contributed by atoms with Crippen molar-refractivity contribution >= 4 is 61.3 Å². The third kappa shape index (κ3) is 11.3. The van der Waals surface area contributed by atoms with Gasteiger partial charge < -0.3 is 45.5 Å². The van der Waals surface area contributed by atoms with Crippen LogP contribution in [0.1, 0.15) is 49.5 Å². The summed E-state index contributed by atoms with van der Waals surface area (Å²) >= 11 is 0. The number of hydrogen-bond acceptors (Lipinski definition) is 11. The summed E-state index contributed by atoms with van der Waals surface area (Å²) in [7, 11) is -0.709. The van der Waals surface area contributed by atoms with Gasteiger partial charge in [0.15, 0.2) is 5.75 Å². The fraction of sp³-hybridized carbons (Fsp3) is 0.326. The molecule has 0 spiro atoms. The van der Waals surface area contributed by atoms with E-state index in [0.29, 0.717) is 58.5 Å². The molecule has 3 amide bonds. The first-order chi connectivity index (χ1) is 28.1. The van der Waals surface area contributed by atoms with Crippen molar-refractivity contribution in [2.75, 3.05) is 67.3 Å². The number of pyridine rings is 1. The van der Waals surface area contributed by atoms with E-state index in [0.717, 1.165) is 43.1 Å². The summed E-state index contributed by atoms with van der Waals surface area (Å²) in [6, 6.07) is 22.5. The number of nitrogens with one attached hydrogen (secondary N) is 5. The molecule has 0 radical (unpaired) electrons. The van der Waals surface area contributed by atoms with Crippen molar-refractivity contribution in [3.05, 3.63) is 96.2 Å². The van der Waals surface area contributed by atoms with Crippen LogP contribution in [0.4, 0.5) is 33.4 Å². The minimum atomic E-state index is -3.65. The number of aliphatic hydroxyl groups excluding tert-OH is 1. The summed E-state index contributed by atoms with van der Waals surface area (Å²) in [4.78, 5) is 33.3. The van der Waals surface area contributed by atoms with Crippen LogP contribution in [0.3, 0.4) is 0 Å². The molecular formula is C43H51N7O8S. The topological polar surface area (TPSA) is 192 Å². The van der Waals surface area contributed by atoms with Crippen molar-refractivity contribution in [2.45, 2.75) is 45.1 Å². The van der Waals surface area contributed by atoms with Crippen molar-refractivity contribution < 1.29 is 37.3 Å². The first-order valence-electron chi connectivity index (χ1n) is 19.2. The van der Waals surface area contributed by atoms with E-state index >= 15 is 0 Å². The van der Waals surface area contributed by atoms with Crippen LogP contribution in [0.15, 0.2) is 85.1 Å². The lowest BCUT2D eigenvalue weighted by Crippen LogP contribution is -2.40. The number of methoxy groups -OCH3 is 2. The second-order valence-electron chi connectivity index (χ2n) is 15.3. The Morgan fingerprint density at radius 1 is 0.864 bits per heavy atom. The minimum Gasteiger partial charge on any atom is -0.497 e. The van der Waals surface area contributed by atoms with Crippen LogP contribution in [0.2, 0.25) is 0 Å². The highest BCUT2D eigenvalue weighted by Crippen LogP contribution is 2.40. The zero-order valence-corrected chi connectivity index (χ0v) is 34.8. The number of ether oxygens (including phenoxy) is 3. The Bertz CT molecular complexity index is 2430. The number of aromatic nitrogens is 1. The van der Waals surface area contributed by atoms with Gasteiger partial charge in [-0.05, 0) is 66.3 Å². The Kier molecular flexibility index (Phi) is 13.1. The zero-order valence-electron chi connectivity index (χ0n) is 34.0. The van der Waals surface area contributed by atoms with Crippen LogP contribution in [-0.4, -0.2) is 88.1 Å². The molecule has 4 aromatic carbocycles. The highest BCUT2D eigenvalue weighted by Gasteiger charge is 2.23. The maximum atomic E-state index is 13.5. The van der Waals surface area contributed by atoms with E-state index in [-0.39, 0.29) is 34.6 Å². The summed E-state index contributed by atoms with van der Waals surface area (Å²) in [5.74, 6) is 1.91. The van der Waals surface area contributed by atoms with E-state index in [1.54, 1.807) is 60.8 Å². The van der Waals surface area contributed by atoms with Crippen LogP contribution >= 0.6 is 0 Å². The molecule has 16 heteroatoms. The summed E-state index contributed by atoms with van der Waals surface area (Å²) in [6.45, 7) is 8.73. The number of piperidine rings is 1. The van der Waals surface area contributed by atoms with Crippen LogP contribution in [0.5, 0.6) is 23.0 Å².